The predicted molar refractivity (Wildman–Crippen MR) is 570 cm³/mol. The van der Waals surface area contributed by atoms with Crippen LogP contribution in [0.15, 0.2) is 187 Å². The summed E-state index contributed by atoms with van der Waals surface area (Å²) in [4.78, 5) is 125. The number of halogens is 3. The summed E-state index contributed by atoms with van der Waals surface area (Å²) in [7, 11) is 0.509. The minimum absolute atomic E-state index is 0.000674. The number of aliphatic hydroxyl groups excluding tert-OH is 1. The molecule has 0 saturated carbocycles. The molecule has 7 aromatic heterocycles. The number of hydrogen-bond acceptors (Lipinski definition) is 30. The number of hydrogen-bond donors (Lipinski definition) is 5. The van der Waals surface area contributed by atoms with Gasteiger partial charge < -0.3 is 67.5 Å². The Morgan fingerprint density at radius 1 is 0.460 bits per heavy atom. The van der Waals surface area contributed by atoms with E-state index in [2.05, 4.69) is 83.1 Å². The van der Waals surface area contributed by atoms with Gasteiger partial charge in [-0.05, 0) is 295 Å². The number of amides is 5. The predicted octanol–water partition coefficient (Wildman–Crippen LogP) is 17.2. The van der Waals surface area contributed by atoms with Gasteiger partial charge in [-0.2, -0.15) is 35.7 Å². The summed E-state index contributed by atoms with van der Waals surface area (Å²) in [6, 6.07) is 0. The molecule has 818 valence electrons. The number of nitrogens with zero attached hydrogens (tertiary/aromatic N) is 14. The number of ether oxygens (including phenoxy) is 9. The summed E-state index contributed by atoms with van der Waals surface area (Å²) in [5, 5.41) is 51.7. The zero-order valence-corrected chi connectivity index (χ0v) is 91.7. The van der Waals surface area contributed by atoms with E-state index >= 15 is 0 Å². The fourth-order valence-corrected chi connectivity index (χ4v) is 14.0. The van der Waals surface area contributed by atoms with Crippen LogP contribution in [0.1, 0.15) is 270 Å². The Morgan fingerprint density at radius 3 is 1.14 bits per heavy atom. The number of carbonyl (C=O) groups is 11. The fourth-order valence-electron chi connectivity index (χ4n) is 13.5. The van der Waals surface area contributed by atoms with Crippen LogP contribution in [0, 0.1) is 10.8 Å². The van der Waals surface area contributed by atoms with Crippen molar-refractivity contribution in [3.8, 4) is 0 Å². The van der Waals surface area contributed by atoms with Gasteiger partial charge in [0, 0.05) is 173 Å². The van der Waals surface area contributed by atoms with E-state index in [0.717, 1.165) is 186 Å². The Labute approximate surface area is 898 Å². The Morgan fingerprint density at radius 2 is 0.847 bits per heavy atom. The van der Waals surface area contributed by atoms with Crippen molar-refractivity contribution in [1.29, 1.82) is 0 Å². The van der Waals surface area contributed by atoms with E-state index in [4.69, 9.17) is 73.8 Å². The Balaban J connectivity index is 0.000000257. The molecule has 17 rings (SSSR count). The van der Waals surface area contributed by atoms with E-state index in [-0.39, 0.29) is 94.5 Å². The van der Waals surface area contributed by atoms with E-state index in [1.54, 1.807) is 186 Å². The molecular weight excluding hydrogens is 2090 g/mol. The summed E-state index contributed by atoms with van der Waals surface area (Å²) >= 11 is 11.7. The number of allylic oxidation sites excluding steroid dienone is 1. The van der Waals surface area contributed by atoms with Crippen LogP contribution in [0.2, 0.25) is 0 Å². The van der Waals surface area contributed by atoms with Crippen LogP contribution in [0.3, 0.4) is 0 Å². The van der Waals surface area contributed by atoms with Gasteiger partial charge in [0.1, 0.15) is 31.1 Å². The first-order valence-corrected chi connectivity index (χ1v) is 52.0. The van der Waals surface area contributed by atoms with Crippen molar-refractivity contribution in [2.24, 2.45) is 10.8 Å². The van der Waals surface area contributed by atoms with Gasteiger partial charge in [0.15, 0.2) is 0 Å². The van der Waals surface area contributed by atoms with E-state index in [0.29, 0.717) is 32.7 Å². The molecule has 5 N–H and O–H groups in total. The van der Waals surface area contributed by atoms with Crippen LogP contribution in [0.25, 0.3) is 30.4 Å². The minimum atomic E-state index is -0.957. The lowest BCUT2D eigenvalue weighted by atomic mass is 9.90. The molecule has 10 aliphatic heterocycles. The number of carboxylic acids is 1. The van der Waals surface area contributed by atoms with E-state index in [1.165, 1.54) is 90.5 Å². The first-order valence-electron chi connectivity index (χ1n) is 50.0. The Hall–Kier alpha value is -12.4. The van der Waals surface area contributed by atoms with Gasteiger partial charge in [0.2, 0.25) is 11.1 Å². The number of aromatic amines is 2. The first-order chi connectivity index (χ1) is 71.8. The van der Waals surface area contributed by atoms with Crippen molar-refractivity contribution in [3.63, 3.8) is 0 Å². The van der Waals surface area contributed by atoms with Gasteiger partial charge in [0.05, 0.1) is 95.0 Å². The summed E-state index contributed by atoms with van der Waals surface area (Å²) in [6.45, 7) is 29.1. The number of aliphatic hydroxyl groups is 1. The van der Waals surface area contributed by atoms with Crippen molar-refractivity contribution in [2.75, 3.05) is 79.6 Å². The largest absolute Gasteiger partial charge is 0.502 e. The molecule has 6 fully saturated rings. The van der Waals surface area contributed by atoms with Crippen molar-refractivity contribution < 1.29 is 115 Å². The third-order valence-electron chi connectivity index (χ3n) is 22.3. The lowest BCUT2D eigenvalue weighted by Gasteiger charge is -2.32. The van der Waals surface area contributed by atoms with Crippen molar-refractivity contribution in [3.05, 3.63) is 215 Å². The van der Waals surface area contributed by atoms with Crippen molar-refractivity contribution in [2.45, 2.75) is 254 Å². The van der Waals surface area contributed by atoms with Crippen LogP contribution in [0.4, 0.5) is 0 Å². The molecule has 17 heterocycles. The lowest BCUT2D eigenvalue weighted by Crippen LogP contribution is -2.41. The second-order valence-corrected chi connectivity index (χ2v) is 39.3. The SMILES string of the molecule is Brc1cn[nH]c1.Brc1cnn(C2CCCCO2)c1.C1=COCCC1.CC(C)(C)C(=O)Cl.CC(C)(C)C(=O)OC(=O)/C=C/c1cnn(C2CCCCO2)c1.CCOC(=O)/C=C/B1OC(C)(C)C(C)(C)O1.CCOC(=O)/C=C/c1cnn(C2CCCCO2)c1.CO.O=C(O)/C=C/c1cnn(C2CCCCO2)c1.O=C1C=CCCN1.O=C1C=CCCN1C(=O)/C=C/c1cn[nH]c1.O=C1C=CCCN1C(=O)/C=C/c1cnn(C2CCCCO2)c1. The summed E-state index contributed by atoms with van der Waals surface area (Å²) < 4.78 is 69.6. The molecule has 41 nitrogen and oxygen atoms in total. The average molecular weight is 2240 g/mol. The van der Waals surface area contributed by atoms with Gasteiger partial charge in [-0.15, -0.1) is 0 Å². The number of nitrogens with one attached hydrogen (secondary N) is 3. The molecule has 0 aromatic carbocycles. The molecule has 0 spiro atoms. The molecule has 7 aromatic rings. The summed E-state index contributed by atoms with van der Waals surface area (Å²) in [5.74, 6) is -2.39. The molecule has 45 heteroatoms. The second-order valence-electron chi connectivity index (χ2n) is 37.1. The quantitative estimate of drug-likeness (QED) is 0.0125. The third-order valence-corrected chi connectivity index (χ3v) is 23.7. The van der Waals surface area contributed by atoms with Crippen LogP contribution in [0.5, 0.6) is 0 Å². The van der Waals surface area contributed by atoms with Crippen LogP contribution >= 0.6 is 43.5 Å². The number of rotatable bonds is 19. The molecule has 150 heavy (non-hydrogen) atoms. The number of imide groups is 2. The number of H-pyrrole nitrogens is 2. The molecule has 5 unspecified atom stereocenters. The highest BCUT2D eigenvalue weighted by molar-refractivity contribution is 9.10. The van der Waals surface area contributed by atoms with E-state index < -0.39 is 30.4 Å². The van der Waals surface area contributed by atoms with Crippen LogP contribution < -0.4 is 5.32 Å². The highest BCUT2D eigenvalue weighted by Gasteiger charge is 2.50. The van der Waals surface area contributed by atoms with Crippen molar-refractivity contribution >= 4 is 146 Å². The molecule has 10 aliphatic rings. The topological polar surface area (TPSA) is 495 Å². The molecule has 6 saturated heterocycles. The number of carboxylic acid groups (broad SMARTS) is 1. The summed E-state index contributed by atoms with van der Waals surface area (Å²) in [6.07, 6.45) is 75.4. The Bertz CT molecular complexity index is 5530. The minimum Gasteiger partial charge on any atom is -0.502 e. The molecule has 5 amide bonds. The number of aliphatic carboxylic acids is 1. The highest BCUT2D eigenvalue weighted by Crippen LogP contribution is 2.37. The summed E-state index contributed by atoms with van der Waals surface area (Å²) in [5.41, 5.74) is 2.20. The van der Waals surface area contributed by atoms with Gasteiger partial charge in [0.25, 0.3) is 23.6 Å². The number of carbonyl (C=O) groups excluding carboxylic acids is 10. The molecule has 0 aliphatic carbocycles. The van der Waals surface area contributed by atoms with Crippen LogP contribution in [-0.4, -0.2) is 252 Å². The maximum Gasteiger partial charge on any atom is 0.487 e. The monoisotopic (exact) mass is 2230 g/mol. The van der Waals surface area contributed by atoms with E-state index in [1.807, 2.05) is 74.0 Å². The van der Waals surface area contributed by atoms with Gasteiger partial charge in [-0.25, -0.2) is 42.6 Å². The van der Waals surface area contributed by atoms with Gasteiger partial charge in [-0.1, -0.05) is 39.0 Å². The standard InChI is InChI=1S/C16H19N3O3.C16H22N2O4.C13H18N2O3.C11H19BO4.C11H11N3O2.C11H14N2O3.C8H11BrN2O.C5H9ClO.C5H7NO.C5H8O.C3H3BrN2.CH4O/c20-14-5-1-3-9-18(14)15(21)8-7-13-11-17-19(12-13)16-6-2-4-10-22-16;1-16(2,3)15(20)22-14(19)8-7-12-10-17-18(11-12)13-6-4-5-9-21-13;1-2-17-13(16)7-6-11-9-14-15(10-11)12-5-3-4-8-18-12;1-6-14-9(13)7-8-12-15-10(2,3)11(4,5)16-12;15-10-3-1-2-6-14(10)11(16)5-4-9-7-12-13-8-9;14-11(15)5-4-9-7-12-13(8-9)10-3-1-2-6-16-10;9-7-5-10-11(6-7)8-3-1-2-4-12-8;1-5(2,3)4(6)7;7-5-3-1-2-4-6-5;1-2-4-6-5-3-1;4-3-1-5-6-2-3;1-2/h1,5,7-8,11-12,16H,2-4,6,9-10H2;7-8,10-11,13H,4-6,9H2,1-3H3;6-7,9-10,12H,2-5,8H2,1H3;7-8H,6H2,1-5H3;1,3-5,7-8H,2,6H2,(H,12,13);4-5,7-8,10H,1-3,6H2,(H,14,15);5-6,8H,1-4H2;1-3H3;1,3H,2,4H2,(H,6,7);2,4H,1,3,5H2;1-2H,(H,5,6);2H,1H3/b2*8-7+;7-6+;8-7+;2*5-4+;;;;;;. The Kier molecular flexibility index (Phi) is 58.2. The fraction of sp³-hybridized carbons (Fsp3) is 0.505. The molecule has 0 radical (unpaired) electrons. The van der Waals surface area contributed by atoms with E-state index in [9.17, 15) is 52.7 Å². The zero-order valence-electron chi connectivity index (χ0n) is 87.8. The highest BCUT2D eigenvalue weighted by atomic mass is 79.9. The maximum absolute atomic E-state index is 12.0. The molecular formula is C105H145BBr2ClN17O24. The lowest BCUT2D eigenvalue weighted by molar-refractivity contribution is -0.162. The van der Waals surface area contributed by atoms with Gasteiger partial charge in [-0.3, -0.25) is 53.6 Å². The zero-order chi connectivity index (χ0) is 110. The number of esters is 4. The first kappa shape index (κ1) is 126. The normalized spacial score (nSPS) is 19.5. The van der Waals surface area contributed by atoms with Crippen LogP contribution in [-0.2, 0) is 105 Å². The third kappa shape index (κ3) is 50.1. The average Bonchev–Trinajstić information content (AvgIpc) is 1.64. The maximum atomic E-state index is 12.0. The number of aromatic nitrogens is 14. The van der Waals surface area contributed by atoms with Gasteiger partial charge >= 0.3 is 37.0 Å². The second kappa shape index (κ2) is 69.2. The molecule has 5 atom stereocenters. The smallest absolute Gasteiger partial charge is 0.487 e. The van der Waals surface area contributed by atoms with Crippen molar-refractivity contribution in [1.82, 2.24) is 84.4 Å². The molecule has 0 bridgehead atoms.